The molecule has 0 saturated heterocycles. The van der Waals surface area contributed by atoms with E-state index in [4.69, 9.17) is 16.3 Å². The van der Waals surface area contributed by atoms with Crippen LogP contribution in [0.25, 0.3) is 0 Å². The van der Waals surface area contributed by atoms with Gasteiger partial charge in [0.2, 0.25) is 0 Å². The molecule has 0 aliphatic rings. The van der Waals surface area contributed by atoms with Gasteiger partial charge in [-0.15, -0.1) is 0 Å². The third-order valence-electron chi connectivity index (χ3n) is 4.44. The SMILES string of the molecule is C[C@H](NC(=O)C(=O)N/N=C\c1cccc(OCc2ccccc2Cl)c1)c1ccccc1. The summed E-state index contributed by atoms with van der Waals surface area (Å²) in [5.74, 6) is -0.972. The lowest BCUT2D eigenvalue weighted by molar-refractivity contribution is -0.139. The number of rotatable bonds is 7. The van der Waals surface area contributed by atoms with E-state index in [-0.39, 0.29) is 6.04 Å². The van der Waals surface area contributed by atoms with Gasteiger partial charge in [-0.1, -0.05) is 72.3 Å². The Hall–Kier alpha value is -3.64. The number of carbonyl (C=O) groups excluding carboxylic acids is 2. The van der Waals surface area contributed by atoms with Crippen LogP contribution in [0.2, 0.25) is 5.02 Å². The maximum absolute atomic E-state index is 12.0. The number of amides is 2. The van der Waals surface area contributed by atoms with Gasteiger partial charge in [-0.25, -0.2) is 5.43 Å². The van der Waals surface area contributed by atoms with Crippen LogP contribution in [0.5, 0.6) is 5.75 Å². The largest absolute Gasteiger partial charge is 0.489 e. The fourth-order valence-corrected chi connectivity index (χ4v) is 2.95. The first-order chi connectivity index (χ1) is 15.0. The van der Waals surface area contributed by atoms with E-state index in [2.05, 4.69) is 15.8 Å². The number of halogens is 1. The number of ether oxygens (including phenoxy) is 1. The molecule has 0 aliphatic carbocycles. The molecule has 31 heavy (non-hydrogen) atoms. The topological polar surface area (TPSA) is 79.8 Å². The Morgan fingerprint density at radius 2 is 1.74 bits per heavy atom. The lowest BCUT2D eigenvalue weighted by Gasteiger charge is -2.13. The van der Waals surface area contributed by atoms with Gasteiger partial charge in [0.25, 0.3) is 0 Å². The van der Waals surface area contributed by atoms with Crippen LogP contribution in [0.15, 0.2) is 84.0 Å². The summed E-state index contributed by atoms with van der Waals surface area (Å²) in [5, 5.41) is 7.13. The van der Waals surface area contributed by atoms with E-state index in [1.807, 2.05) is 60.7 Å². The van der Waals surface area contributed by atoms with Crippen molar-refractivity contribution in [2.24, 2.45) is 5.10 Å². The molecule has 0 aliphatic heterocycles. The molecule has 3 rings (SSSR count). The molecule has 0 bridgehead atoms. The van der Waals surface area contributed by atoms with E-state index in [0.717, 1.165) is 11.1 Å². The maximum atomic E-state index is 12.0. The smallest absolute Gasteiger partial charge is 0.329 e. The number of hydrogen-bond donors (Lipinski definition) is 2. The predicted molar refractivity (Wildman–Crippen MR) is 121 cm³/mol. The summed E-state index contributed by atoms with van der Waals surface area (Å²) in [6, 6.07) is 23.7. The van der Waals surface area contributed by atoms with E-state index in [0.29, 0.717) is 22.9 Å². The molecular formula is C24H22ClN3O3. The molecule has 1 atom stereocenters. The highest BCUT2D eigenvalue weighted by Crippen LogP contribution is 2.19. The van der Waals surface area contributed by atoms with Crippen molar-refractivity contribution in [2.45, 2.75) is 19.6 Å². The van der Waals surface area contributed by atoms with E-state index >= 15 is 0 Å². The van der Waals surface area contributed by atoms with Crippen LogP contribution in [0.4, 0.5) is 0 Å². The Morgan fingerprint density at radius 1 is 1.00 bits per heavy atom. The fraction of sp³-hybridized carbons (Fsp3) is 0.125. The molecule has 7 heteroatoms. The van der Waals surface area contributed by atoms with Crippen LogP contribution in [-0.2, 0) is 16.2 Å². The average molecular weight is 436 g/mol. The summed E-state index contributed by atoms with van der Waals surface area (Å²) in [5.41, 5.74) is 4.72. The van der Waals surface area contributed by atoms with Gasteiger partial charge in [0.05, 0.1) is 12.3 Å². The predicted octanol–water partition coefficient (Wildman–Crippen LogP) is 4.25. The van der Waals surface area contributed by atoms with Crippen molar-refractivity contribution in [2.75, 3.05) is 0 Å². The van der Waals surface area contributed by atoms with Crippen molar-refractivity contribution >= 4 is 29.6 Å². The molecule has 0 spiro atoms. The van der Waals surface area contributed by atoms with Crippen molar-refractivity contribution in [1.29, 1.82) is 0 Å². The van der Waals surface area contributed by atoms with Crippen LogP contribution >= 0.6 is 11.6 Å². The molecule has 0 heterocycles. The molecule has 0 aromatic heterocycles. The normalized spacial score (nSPS) is 11.7. The fourth-order valence-electron chi connectivity index (χ4n) is 2.76. The molecule has 6 nitrogen and oxygen atoms in total. The summed E-state index contributed by atoms with van der Waals surface area (Å²) in [6.07, 6.45) is 1.44. The van der Waals surface area contributed by atoms with Crippen molar-refractivity contribution in [1.82, 2.24) is 10.7 Å². The zero-order valence-electron chi connectivity index (χ0n) is 16.9. The number of hydrogen-bond acceptors (Lipinski definition) is 4. The number of hydrazone groups is 1. The number of nitrogens with zero attached hydrogens (tertiary/aromatic N) is 1. The Labute approximate surface area is 185 Å². The van der Waals surface area contributed by atoms with Gasteiger partial charge in [0.1, 0.15) is 12.4 Å². The first-order valence-corrected chi connectivity index (χ1v) is 10.1. The lowest BCUT2D eigenvalue weighted by atomic mass is 10.1. The molecule has 0 fully saturated rings. The molecule has 158 valence electrons. The zero-order chi connectivity index (χ0) is 22.1. The number of carbonyl (C=O) groups is 2. The second-order valence-corrected chi connectivity index (χ2v) is 7.16. The quantitative estimate of drug-likeness (QED) is 0.331. The minimum atomic E-state index is -0.842. The Morgan fingerprint density at radius 3 is 2.52 bits per heavy atom. The molecule has 0 unspecified atom stereocenters. The van der Waals surface area contributed by atoms with Gasteiger partial charge in [-0.2, -0.15) is 5.10 Å². The van der Waals surface area contributed by atoms with E-state index in [1.165, 1.54) is 6.21 Å². The van der Waals surface area contributed by atoms with Gasteiger partial charge in [-0.3, -0.25) is 9.59 Å². The van der Waals surface area contributed by atoms with Crippen LogP contribution in [-0.4, -0.2) is 18.0 Å². The van der Waals surface area contributed by atoms with Crippen molar-refractivity contribution < 1.29 is 14.3 Å². The number of nitrogens with one attached hydrogen (secondary N) is 2. The highest BCUT2D eigenvalue weighted by molar-refractivity contribution is 6.35. The van der Waals surface area contributed by atoms with Crippen LogP contribution in [0.3, 0.4) is 0 Å². The van der Waals surface area contributed by atoms with Gasteiger partial charge in [0.15, 0.2) is 0 Å². The number of benzene rings is 3. The maximum Gasteiger partial charge on any atom is 0.329 e. The summed E-state index contributed by atoms with van der Waals surface area (Å²) < 4.78 is 5.77. The van der Waals surface area contributed by atoms with Crippen molar-refractivity contribution in [3.05, 3.63) is 101 Å². The standard InChI is InChI=1S/C24H22ClN3O3/c1-17(19-9-3-2-4-10-19)27-23(29)24(30)28-26-15-18-8-7-12-21(14-18)31-16-20-11-5-6-13-22(20)25/h2-15,17H,16H2,1H3,(H,27,29)(H,28,30)/b26-15-/t17-/m0/s1. The van der Waals surface area contributed by atoms with Crippen LogP contribution in [0.1, 0.15) is 29.7 Å². The van der Waals surface area contributed by atoms with Gasteiger partial charge < -0.3 is 10.1 Å². The molecule has 0 radical (unpaired) electrons. The Bertz CT molecular complexity index is 1070. The third-order valence-corrected chi connectivity index (χ3v) is 4.81. The summed E-state index contributed by atoms with van der Waals surface area (Å²) in [7, 11) is 0. The summed E-state index contributed by atoms with van der Waals surface area (Å²) in [4.78, 5) is 24.0. The monoisotopic (exact) mass is 435 g/mol. The Balaban J connectivity index is 1.51. The molecule has 2 N–H and O–H groups in total. The molecular weight excluding hydrogens is 414 g/mol. The first kappa shape index (κ1) is 22.1. The lowest BCUT2D eigenvalue weighted by Crippen LogP contribution is -2.39. The van der Waals surface area contributed by atoms with Crippen LogP contribution in [0, 0.1) is 0 Å². The van der Waals surface area contributed by atoms with E-state index < -0.39 is 11.8 Å². The average Bonchev–Trinajstić information content (AvgIpc) is 2.79. The summed E-state index contributed by atoms with van der Waals surface area (Å²) in [6.45, 7) is 2.13. The molecule has 2 amide bonds. The first-order valence-electron chi connectivity index (χ1n) is 9.68. The van der Waals surface area contributed by atoms with Gasteiger partial charge in [-0.05, 0) is 36.2 Å². The van der Waals surface area contributed by atoms with Gasteiger partial charge >= 0.3 is 11.8 Å². The minimum Gasteiger partial charge on any atom is -0.489 e. The zero-order valence-corrected chi connectivity index (χ0v) is 17.7. The molecule has 0 saturated carbocycles. The minimum absolute atomic E-state index is 0.296. The second kappa shape index (κ2) is 10.9. The molecule has 3 aromatic rings. The van der Waals surface area contributed by atoms with Gasteiger partial charge in [0, 0.05) is 10.6 Å². The van der Waals surface area contributed by atoms with Crippen molar-refractivity contribution in [3.63, 3.8) is 0 Å². The van der Waals surface area contributed by atoms with E-state index in [1.54, 1.807) is 25.1 Å². The third kappa shape index (κ3) is 6.69. The van der Waals surface area contributed by atoms with Crippen LogP contribution < -0.4 is 15.5 Å². The highest BCUT2D eigenvalue weighted by Gasteiger charge is 2.16. The molecule has 3 aromatic carbocycles. The second-order valence-electron chi connectivity index (χ2n) is 6.76. The van der Waals surface area contributed by atoms with Crippen molar-refractivity contribution in [3.8, 4) is 5.75 Å². The summed E-state index contributed by atoms with van der Waals surface area (Å²) >= 11 is 6.14. The highest BCUT2D eigenvalue weighted by atomic mass is 35.5. The van der Waals surface area contributed by atoms with E-state index in [9.17, 15) is 9.59 Å². The Kier molecular flexibility index (Phi) is 7.79.